The van der Waals surface area contributed by atoms with Gasteiger partial charge in [-0.1, -0.05) is 18.6 Å². The molecule has 0 aromatic heterocycles. The summed E-state index contributed by atoms with van der Waals surface area (Å²) >= 11 is 0. The maximum atomic E-state index is 10.6. The van der Waals surface area contributed by atoms with E-state index in [-0.39, 0.29) is 0 Å². The Kier molecular flexibility index (Phi) is 1.56. The molecular formula is C11H16N2O. The van der Waals surface area contributed by atoms with E-state index < -0.39 is 0 Å². The van der Waals surface area contributed by atoms with Crippen LogP contribution >= 0.6 is 0 Å². The molecule has 0 spiro atoms. The molecule has 0 aromatic rings. The summed E-state index contributed by atoms with van der Waals surface area (Å²) < 4.78 is 0. The highest BCUT2D eigenvalue weighted by Crippen LogP contribution is 2.62. The lowest BCUT2D eigenvalue weighted by Gasteiger charge is -2.39. The van der Waals surface area contributed by atoms with Crippen molar-refractivity contribution in [2.24, 2.45) is 16.1 Å². The zero-order valence-corrected chi connectivity index (χ0v) is 8.41. The van der Waals surface area contributed by atoms with Gasteiger partial charge in [0.15, 0.2) is 0 Å². The van der Waals surface area contributed by atoms with Crippen LogP contribution in [0, 0.1) is 15.7 Å². The van der Waals surface area contributed by atoms with Crippen LogP contribution in [-0.2, 0) is 0 Å². The van der Waals surface area contributed by atoms with Gasteiger partial charge in [0.1, 0.15) is 0 Å². The summed E-state index contributed by atoms with van der Waals surface area (Å²) in [6.45, 7) is 1.77. The van der Waals surface area contributed by atoms with Crippen molar-refractivity contribution in [2.75, 3.05) is 13.1 Å². The average Bonchev–Trinajstić information content (AvgIpc) is 2.69. The molecule has 1 aliphatic heterocycles. The van der Waals surface area contributed by atoms with Gasteiger partial charge in [0.2, 0.25) is 0 Å². The summed E-state index contributed by atoms with van der Waals surface area (Å²) in [4.78, 5) is 10.6. The highest BCUT2D eigenvalue weighted by molar-refractivity contribution is 5.21. The third kappa shape index (κ3) is 0.830. The van der Waals surface area contributed by atoms with Gasteiger partial charge < -0.3 is 0 Å². The molecule has 0 bridgehead atoms. The molecule has 14 heavy (non-hydrogen) atoms. The van der Waals surface area contributed by atoms with Crippen molar-refractivity contribution in [2.45, 2.75) is 32.1 Å². The lowest BCUT2D eigenvalue weighted by molar-refractivity contribution is 0.164. The van der Waals surface area contributed by atoms with Crippen molar-refractivity contribution in [1.29, 1.82) is 0 Å². The van der Waals surface area contributed by atoms with E-state index in [1.807, 2.05) is 0 Å². The second-order valence-electron chi connectivity index (χ2n) is 5.14. The Morgan fingerprint density at radius 3 is 2.93 bits per heavy atom. The molecule has 3 heteroatoms. The number of allylic oxidation sites excluding steroid dienone is 1. The summed E-state index contributed by atoms with van der Waals surface area (Å²) in [6.07, 6.45) is 11.0. The summed E-state index contributed by atoms with van der Waals surface area (Å²) in [6, 6.07) is 0. The molecule has 76 valence electrons. The number of hydrogen-bond donors (Lipinski definition) is 0. The molecule has 2 aliphatic carbocycles. The van der Waals surface area contributed by atoms with Gasteiger partial charge in [0.05, 0.1) is 5.29 Å². The molecule has 2 unspecified atom stereocenters. The van der Waals surface area contributed by atoms with Crippen LogP contribution in [0.25, 0.3) is 0 Å². The third-order valence-corrected chi connectivity index (χ3v) is 4.63. The van der Waals surface area contributed by atoms with Crippen LogP contribution in [0.15, 0.2) is 17.4 Å². The molecular weight excluding hydrogens is 176 g/mol. The minimum atomic E-state index is 0.305. The Labute approximate surface area is 84.1 Å². The second-order valence-corrected chi connectivity index (χ2v) is 5.14. The molecule has 3 rings (SSSR count). The van der Waals surface area contributed by atoms with E-state index in [9.17, 15) is 4.91 Å². The maximum Gasteiger partial charge on any atom is 0.0524 e. The van der Waals surface area contributed by atoms with E-state index in [1.54, 1.807) is 5.01 Å². The molecule has 0 N–H and O–H groups in total. The summed E-state index contributed by atoms with van der Waals surface area (Å²) in [5, 5.41) is 4.88. The van der Waals surface area contributed by atoms with Crippen LogP contribution in [0.1, 0.15) is 32.1 Å². The number of rotatable bonds is 1. The predicted molar refractivity (Wildman–Crippen MR) is 54.5 cm³/mol. The van der Waals surface area contributed by atoms with E-state index in [0.29, 0.717) is 10.8 Å². The van der Waals surface area contributed by atoms with Crippen molar-refractivity contribution in [3.05, 3.63) is 17.1 Å². The van der Waals surface area contributed by atoms with E-state index in [4.69, 9.17) is 0 Å². The monoisotopic (exact) mass is 192 g/mol. The molecule has 0 radical (unpaired) electrons. The molecule has 1 heterocycles. The van der Waals surface area contributed by atoms with Crippen molar-refractivity contribution >= 4 is 0 Å². The van der Waals surface area contributed by atoms with E-state index in [1.165, 1.54) is 32.1 Å². The first-order chi connectivity index (χ1) is 6.80. The zero-order chi connectivity index (χ0) is 9.65. The Bertz CT molecular complexity index is 302. The van der Waals surface area contributed by atoms with E-state index >= 15 is 0 Å². The van der Waals surface area contributed by atoms with E-state index in [0.717, 1.165) is 13.1 Å². The van der Waals surface area contributed by atoms with Gasteiger partial charge in [0.25, 0.3) is 0 Å². The van der Waals surface area contributed by atoms with E-state index in [2.05, 4.69) is 17.4 Å². The van der Waals surface area contributed by atoms with Crippen LogP contribution in [-0.4, -0.2) is 18.1 Å². The van der Waals surface area contributed by atoms with Crippen LogP contribution in [0.5, 0.6) is 0 Å². The summed E-state index contributed by atoms with van der Waals surface area (Å²) in [5.41, 5.74) is 0.703. The molecule has 1 saturated heterocycles. The van der Waals surface area contributed by atoms with Crippen molar-refractivity contribution in [3.63, 3.8) is 0 Å². The van der Waals surface area contributed by atoms with Gasteiger partial charge in [-0.2, -0.15) is 0 Å². The summed E-state index contributed by atoms with van der Waals surface area (Å²) in [5.74, 6) is 0. The number of nitroso groups, excluding NO2 is 1. The Hall–Kier alpha value is -0.860. The highest BCUT2D eigenvalue weighted by Gasteiger charge is 2.59. The lowest BCUT2D eigenvalue weighted by Crippen LogP contribution is -2.36. The third-order valence-electron chi connectivity index (χ3n) is 4.63. The van der Waals surface area contributed by atoms with Crippen LogP contribution < -0.4 is 0 Å². The van der Waals surface area contributed by atoms with Crippen molar-refractivity contribution in [1.82, 2.24) is 5.01 Å². The molecule has 0 aromatic carbocycles. The van der Waals surface area contributed by atoms with Gasteiger partial charge in [0, 0.05) is 23.9 Å². The molecule has 2 atom stereocenters. The Morgan fingerprint density at radius 2 is 2.14 bits per heavy atom. The van der Waals surface area contributed by atoms with Crippen molar-refractivity contribution in [3.8, 4) is 0 Å². The smallest absolute Gasteiger partial charge is 0.0524 e. The number of hydrogen-bond acceptors (Lipinski definition) is 2. The van der Waals surface area contributed by atoms with Crippen LogP contribution in [0.4, 0.5) is 0 Å². The minimum Gasteiger partial charge on any atom is -0.259 e. The van der Waals surface area contributed by atoms with Gasteiger partial charge in [-0.05, 0) is 25.7 Å². The fraction of sp³-hybridized carbons (Fsp3) is 0.818. The number of nitrogens with zero attached hydrogens (tertiary/aromatic N) is 2. The topological polar surface area (TPSA) is 32.7 Å². The van der Waals surface area contributed by atoms with Gasteiger partial charge in [-0.3, -0.25) is 5.01 Å². The van der Waals surface area contributed by atoms with Gasteiger partial charge in [-0.25, -0.2) is 0 Å². The first-order valence-electron chi connectivity index (χ1n) is 5.56. The largest absolute Gasteiger partial charge is 0.259 e. The molecule has 3 aliphatic rings. The highest BCUT2D eigenvalue weighted by atomic mass is 16.3. The van der Waals surface area contributed by atoms with Crippen molar-refractivity contribution < 1.29 is 0 Å². The first kappa shape index (κ1) is 8.45. The molecule has 0 amide bonds. The second kappa shape index (κ2) is 2.59. The summed E-state index contributed by atoms with van der Waals surface area (Å²) in [7, 11) is 0. The first-order valence-corrected chi connectivity index (χ1v) is 5.56. The minimum absolute atomic E-state index is 0.305. The van der Waals surface area contributed by atoms with Gasteiger partial charge >= 0.3 is 0 Å². The Morgan fingerprint density at radius 1 is 1.21 bits per heavy atom. The molecule has 1 saturated carbocycles. The standard InChI is InChI=1S/C11H16N2O/c14-12-13-8-10-4-1-2-5-11(10,9-13)7-3-6-10/h1,4H,2-3,5-9H2. The lowest BCUT2D eigenvalue weighted by atomic mass is 9.63. The van der Waals surface area contributed by atoms with Gasteiger partial charge in [-0.15, -0.1) is 4.91 Å². The fourth-order valence-corrected chi connectivity index (χ4v) is 3.96. The van der Waals surface area contributed by atoms with Crippen LogP contribution in [0.2, 0.25) is 0 Å². The SMILES string of the molecule is O=NN1CC23C=CCCC2(CCC3)C1. The van der Waals surface area contributed by atoms with Crippen LogP contribution in [0.3, 0.4) is 0 Å². The average molecular weight is 192 g/mol. The predicted octanol–water partition coefficient (Wildman–Crippen LogP) is 2.49. The maximum absolute atomic E-state index is 10.6. The zero-order valence-electron chi connectivity index (χ0n) is 8.41. The Balaban J connectivity index is 2.03. The molecule has 2 fully saturated rings. The quantitative estimate of drug-likeness (QED) is 0.472. The fourth-order valence-electron chi connectivity index (χ4n) is 3.96. The normalized spacial score (nSPS) is 45.0. The molecule has 3 nitrogen and oxygen atoms in total.